The predicted octanol–water partition coefficient (Wildman–Crippen LogP) is 4.74. The minimum absolute atomic E-state index is 0.310. The Morgan fingerprint density at radius 1 is 0.667 bits per heavy atom. The van der Waals surface area contributed by atoms with Crippen LogP contribution in [0.25, 0.3) is 0 Å². The monoisotopic (exact) mass is 526 g/mol. The Morgan fingerprint density at radius 2 is 1.10 bits per heavy atom. The number of benzene rings is 3. The Hall–Kier alpha value is -3.10. The second-order valence-corrected chi connectivity index (χ2v) is 7.92. The third kappa shape index (κ3) is 6.47. The maximum absolute atomic E-state index is 12.3. The molecule has 0 fully saturated rings. The zero-order valence-corrected chi connectivity index (χ0v) is 18.7. The van der Waals surface area contributed by atoms with Gasteiger partial charge in [-0.05, 0) is 53.6 Å². The third-order valence-corrected chi connectivity index (χ3v) is 4.83. The average Bonchev–Trinajstić information content (AvgIpc) is 2.74. The smallest absolute Gasteiger partial charge is 0.267 e. The number of carbonyl (C=O) groups excluding carboxylic acids is 2. The van der Waals surface area contributed by atoms with Crippen molar-refractivity contribution >= 4 is 56.1 Å². The third-order valence-electron chi connectivity index (χ3n) is 3.84. The maximum atomic E-state index is 12.3. The van der Waals surface area contributed by atoms with Gasteiger partial charge in [0.1, 0.15) is 0 Å². The number of hydrogen-bond acceptors (Lipinski definition) is 4. The summed E-state index contributed by atoms with van der Waals surface area (Å²) in [6.07, 6.45) is 3.08. The molecule has 0 heterocycles. The number of hydrazone groups is 2. The fourth-order valence-electron chi connectivity index (χ4n) is 2.44. The van der Waals surface area contributed by atoms with Crippen LogP contribution in [-0.4, -0.2) is 24.2 Å². The van der Waals surface area contributed by atoms with Crippen LogP contribution < -0.4 is 10.9 Å². The molecule has 0 saturated carbocycles. The van der Waals surface area contributed by atoms with E-state index in [4.69, 9.17) is 0 Å². The minimum Gasteiger partial charge on any atom is -0.267 e. The summed E-state index contributed by atoms with van der Waals surface area (Å²) in [6, 6.07) is 21.3. The lowest BCUT2D eigenvalue weighted by molar-refractivity contribution is 0.0954. The van der Waals surface area contributed by atoms with E-state index in [0.29, 0.717) is 11.1 Å². The van der Waals surface area contributed by atoms with Crippen molar-refractivity contribution < 1.29 is 9.59 Å². The van der Waals surface area contributed by atoms with Crippen molar-refractivity contribution in [3.8, 4) is 0 Å². The minimum atomic E-state index is -0.423. The molecule has 0 spiro atoms. The first-order chi connectivity index (χ1) is 14.5. The number of halogens is 2. The topological polar surface area (TPSA) is 82.9 Å². The van der Waals surface area contributed by atoms with Gasteiger partial charge >= 0.3 is 0 Å². The molecule has 0 saturated heterocycles. The van der Waals surface area contributed by atoms with Gasteiger partial charge in [-0.3, -0.25) is 9.59 Å². The van der Waals surface area contributed by atoms with Crippen molar-refractivity contribution in [1.82, 2.24) is 10.9 Å². The molecule has 150 valence electrons. The molecule has 3 rings (SSSR count). The van der Waals surface area contributed by atoms with Crippen molar-refractivity contribution in [2.24, 2.45) is 10.2 Å². The molecule has 0 aliphatic carbocycles. The zero-order valence-electron chi connectivity index (χ0n) is 15.5. The van der Waals surface area contributed by atoms with Crippen LogP contribution in [0.4, 0.5) is 0 Å². The molecule has 8 heteroatoms. The summed E-state index contributed by atoms with van der Waals surface area (Å²) in [6.45, 7) is 0. The molecule has 0 radical (unpaired) electrons. The molecule has 0 unspecified atom stereocenters. The van der Waals surface area contributed by atoms with Gasteiger partial charge in [0.15, 0.2) is 0 Å². The largest absolute Gasteiger partial charge is 0.271 e. The summed E-state index contributed by atoms with van der Waals surface area (Å²) in [5.41, 5.74) is 7.19. The second-order valence-electron chi connectivity index (χ2n) is 6.09. The number of amides is 2. The highest BCUT2D eigenvalue weighted by Gasteiger charge is 2.09. The molecule has 0 aliphatic heterocycles. The summed E-state index contributed by atoms with van der Waals surface area (Å²) >= 11 is 6.75. The fraction of sp³-hybridized carbons (Fsp3) is 0. The van der Waals surface area contributed by atoms with Crippen LogP contribution in [0.5, 0.6) is 0 Å². The predicted molar refractivity (Wildman–Crippen MR) is 125 cm³/mol. The van der Waals surface area contributed by atoms with Gasteiger partial charge in [-0.1, -0.05) is 62.2 Å². The summed E-state index contributed by atoms with van der Waals surface area (Å²) in [7, 11) is 0. The van der Waals surface area contributed by atoms with Crippen molar-refractivity contribution in [1.29, 1.82) is 0 Å². The molecule has 2 amide bonds. The zero-order chi connectivity index (χ0) is 21.3. The Morgan fingerprint density at radius 3 is 1.53 bits per heavy atom. The number of rotatable bonds is 6. The summed E-state index contributed by atoms with van der Waals surface area (Å²) < 4.78 is 1.83. The van der Waals surface area contributed by atoms with Crippen molar-refractivity contribution in [2.75, 3.05) is 0 Å². The van der Waals surface area contributed by atoms with E-state index in [0.717, 1.165) is 20.1 Å². The fourth-order valence-corrected chi connectivity index (χ4v) is 3.27. The van der Waals surface area contributed by atoms with E-state index in [1.54, 1.807) is 18.2 Å². The average molecular weight is 528 g/mol. The Bertz CT molecular complexity index is 1040. The molecule has 0 bridgehead atoms. The molecular weight excluding hydrogens is 512 g/mol. The first-order valence-electron chi connectivity index (χ1n) is 8.79. The SMILES string of the molecule is O=C(N/N=C/c1cccc(Br)c1)c1cccc(C(=O)N/N=C/c2cccc(Br)c2)c1. The molecular formula is C22H16Br2N4O2. The van der Waals surface area contributed by atoms with Crippen LogP contribution >= 0.6 is 31.9 Å². The highest BCUT2D eigenvalue weighted by molar-refractivity contribution is 9.10. The molecule has 3 aromatic carbocycles. The molecule has 0 aliphatic rings. The van der Waals surface area contributed by atoms with E-state index in [1.807, 2.05) is 48.5 Å². The van der Waals surface area contributed by atoms with Gasteiger partial charge in [-0.2, -0.15) is 10.2 Å². The van der Waals surface area contributed by atoms with Gasteiger partial charge < -0.3 is 0 Å². The van der Waals surface area contributed by atoms with E-state index in [2.05, 4.69) is 52.9 Å². The van der Waals surface area contributed by atoms with Crippen LogP contribution in [-0.2, 0) is 0 Å². The van der Waals surface area contributed by atoms with Gasteiger partial charge in [0.25, 0.3) is 11.8 Å². The van der Waals surface area contributed by atoms with E-state index < -0.39 is 11.8 Å². The van der Waals surface area contributed by atoms with Crippen molar-refractivity contribution in [3.05, 3.63) is 104 Å². The summed E-state index contributed by atoms with van der Waals surface area (Å²) in [5, 5.41) is 7.90. The molecule has 0 aromatic heterocycles. The molecule has 30 heavy (non-hydrogen) atoms. The Labute approximate surface area is 190 Å². The molecule has 2 N–H and O–H groups in total. The second kappa shape index (κ2) is 10.6. The number of nitrogens with one attached hydrogen (secondary N) is 2. The standard InChI is InChI=1S/C22H16Br2N4O2/c23-19-8-1-4-15(10-19)13-25-27-21(29)17-6-3-7-18(12-17)22(30)28-26-14-16-5-2-9-20(24)11-16/h1-14H,(H,27,29)(H,28,30)/b25-13+,26-14+. The van der Waals surface area contributed by atoms with E-state index in [9.17, 15) is 9.59 Å². The Balaban J connectivity index is 1.60. The van der Waals surface area contributed by atoms with Gasteiger partial charge in [0, 0.05) is 20.1 Å². The van der Waals surface area contributed by atoms with Crippen LogP contribution in [0.2, 0.25) is 0 Å². The number of carbonyl (C=O) groups is 2. The highest BCUT2D eigenvalue weighted by atomic mass is 79.9. The lowest BCUT2D eigenvalue weighted by Crippen LogP contribution is -2.20. The van der Waals surface area contributed by atoms with E-state index >= 15 is 0 Å². The normalized spacial score (nSPS) is 11.0. The Kier molecular flexibility index (Phi) is 7.64. The number of nitrogens with zero attached hydrogens (tertiary/aromatic N) is 2. The van der Waals surface area contributed by atoms with E-state index in [-0.39, 0.29) is 0 Å². The first-order valence-corrected chi connectivity index (χ1v) is 10.4. The lowest BCUT2D eigenvalue weighted by Gasteiger charge is -2.04. The molecule has 3 aromatic rings. The van der Waals surface area contributed by atoms with Gasteiger partial charge in [-0.15, -0.1) is 0 Å². The highest BCUT2D eigenvalue weighted by Crippen LogP contribution is 2.11. The van der Waals surface area contributed by atoms with Crippen LogP contribution in [0, 0.1) is 0 Å². The summed E-state index contributed by atoms with van der Waals surface area (Å²) in [4.78, 5) is 24.6. The van der Waals surface area contributed by atoms with Gasteiger partial charge in [0.05, 0.1) is 12.4 Å². The van der Waals surface area contributed by atoms with E-state index in [1.165, 1.54) is 18.5 Å². The van der Waals surface area contributed by atoms with Crippen molar-refractivity contribution in [2.45, 2.75) is 0 Å². The lowest BCUT2D eigenvalue weighted by atomic mass is 10.1. The maximum Gasteiger partial charge on any atom is 0.271 e. The quantitative estimate of drug-likeness (QED) is 0.358. The van der Waals surface area contributed by atoms with Crippen molar-refractivity contribution in [3.63, 3.8) is 0 Å². The molecule has 0 atom stereocenters. The molecule has 6 nitrogen and oxygen atoms in total. The van der Waals surface area contributed by atoms with Crippen LogP contribution in [0.15, 0.2) is 91.9 Å². The first kappa shape index (κ1) is 21.6. The van der Waals surface area contributed by atoms with Crippen LogP contribution in [0.3, 0.4) is 0 Å². The number of hydrogen-bond donors (Lipinski definition) is 2. The van der Waals surface area contributed by atoms with Gasteiger partial charge in [0.2, 0.25) is 0 Å². The van der Waals surface area contributed by atoms with Gasteiger partial charge in [-0.25, -0.2) is 10.9 Å². The summed E-state index contributed by atoms with van der Waals surface area (Å²) in [5.74, 6) is -0.845. The van der Waals surface area contributed by atoms with Crippen LogP contribution in [0.1, 0.15) is 31.8 Å².